The highest BCUT2D eigenvalue weighted by molar-refractivity contribution is 7.15. The lowest BCUT2D eigenvalue weighted by atomic mass is 10.2. The van der Waals surface area contributed by atoms with Gasteiger partial charge in [-0.15, -0.1) is 36.2 Å². The van der Waals surface area contributed by atoms with Gasteiger partial charge in [-0.25, -0.2) is 4.98 Å². The van der Waals surface area contributed by atoms with Gasteiger partial charge in [0, 0.05) is 30.9 Å². The number of fused-ring (bicyclic) bond motifs is 1. The van der Waals surface area contributed by atoms with Crippen LogP contribution in [0.3, 0.4) is 0 Å². The molecular weight excluding hydrogens is 277 g/mol. The zero-order chi connectivity index (χ0) is 10.7. The summed E-state index contributed by atoms with van der Waals surface area (Å²) < 4.78 is 0. The third-order valence-corrected chi connectivity index (χ3v) is 3.99. The van der Waals surface area contributed by atoms with Gasteiger partial charge in [0.2, 0.25) is 0 Å². The smallest absolute Gasteiger partial charge is 0.183 e. The Morgan fingerprint density at radius 3 is 2.59 bits per heavy atom. The molecule has 1 aromatic rings. The van der Waals surface area contributed by atoms with Gasteiger partial charge in [0.15, 0.2) is 5.13 Å². The third kappa shape index (κ3) is 4.28. The Labute approximate surface area is 120 Å². The monoisotopic (exact) mass is 297 g/mol. The standard InChI is InChI=1S/C11H19N3S.2ClH/c1-3-12-11-13-9-5-7-14(4-2)8-6-10(9)15-11;;/h3-8H2,1-2H3,(H,12,13);2*1H. The second-order valence-electron chi connectivity index (χ2n) is 3.85. The Morgan fingerprint density at radius 1 is 1.24 bits per heavy atom. The number of nitrogens with zero attached hydrogens (tertiary/aromatic N) is 2. The van der Waals surface area contributed by atoms with Gasteiger partial charge in [-0.1, -0.05) is 6.92 Å². The summed E-state index contributed by atoms with van der Waals surface area (Å²) in [5.41, 5.74) is 1.33. The minimum Gasteiger partial charge on any atom is -0.362 e. The molecule has 3 nitrogen and oxygen atoms in total. The summed E-state index contributed by atoms with van der Waals surface area (Å²) in [6.45, 7) is 8.83. The molecule has 0 spiro atoms. The molecule has 0 fully saturated rings. The Balaban J connectivity index is 0.00000128. The molecule has 0 amide bonds. The van der Waals surface area contributed by atoms with Crippen molar-refractivity contribution in [1.82, 2.24) is 9.88 Å². The number of hydrogen-bond donors (Lipinski definition) is 1. The van der Waals surface area contributed by atoms with Crippen LogP contribution in [-0.2, 0) is 12.8 Å². The van der Waals surface area contributed by atoms with Crippen LogP contribution >= 0.6 is 36.2 Å². The van der Waals surface area contributed by atoms with Crippen molar-refractivity contribution in [3.05, 3.63) is 10.6 Å². The molecule has 6 heteroatoms. The van der Waals surface area contributed by atoms with Crippen LogP contribution in [0.4, 0.5) is 5.13 Å². The van der Waals surface area contributed by atoms with Gasteiger partial charge in [0.25, 0.3) is 0 Å². The van der Waals surface area contributed by atoms with Crippen LogP contribution in [0.5, 0.6) is 0 Å². The summed E-state index contributed by atoms with van der Waals surface area (Å²) in [6, 6.07) is 0. The first-order valence-electron chi connectivity index (χ1n) is 5.78. The second-order valence-corrected chi connectivity index (χ2v) is 4.94. The molecule has 1 N–H and O–H groups in total. The van der Waals surface area contributed by atoms with Crippen LogP contribution in [0, 0.1) is 0 Å². The van der Waals surface area contributed by atoms with Gasteiger partial charge >= 0.3 is 0 Å². The molecule has 0 saturated heterocycles. The summed E-state index contributed by atoms with van der Waals surface area (Å²) in [6.07, 6.45) is 2.29. The highest BCUT2D eigenvalue weighted by atomic mass is 35.5. The van der Waals surface area contributed by atoms with Crippen molar-refractivity contribution in [2.24, 2.45) is 0 Å². The topological polar surface area (TPSA) is 28.2 Å². The van der Waals surface area contributed by atoms with Crippen molar-refractivity contribution >= 4 is 41.3 Å². The summed E-state index contributed by atoms with van der Waals surface area (Å²) >= 11 is 1.84. The maximum Gasteiger partial charge on any atom is 0.183 e. The number of likely N-dealkylation sites (N-methyl/N-ethyl adjacent to an activating group) is 1. The van der Waals surface area contributed by atoms with E-state index in [1.807, 2.05) is 11.3 Å². The zero-order valence-corrected chi connectivity index (χ0v) is 12.8. The van der Waals surface area contributed by atoms with E-state index >= 15 is 0 Å². The first kappa shape index (κ1) is 17.0. The van der Waals surface area contributed by atoms with Crippen molar-refractivity contribution in [3.63, 3.8) is 0 Å². The average Bonchev–Trinajstić information content (AvgIpc) is 2.52. The van der Waals surface area contributed by atoms with Crippen molar-refractivity contribution < 1.29 is 0 Å². The highest BCUT2D eigenvalue weighted by Gasteiger charge is 2.16. The molecular formula is C11H21Cl2N3S. The SMILES string of the molecule is CCNc1nc2c(s1)CCN(CC)CC2.Cl.Cl. The molecule has 100 valence electrons. The first-order chi connectivity index (χ1) is 7.33. The second kappa shape index (κ2) is 8.14. The van der Waals surface area contributed by atoms with Crippen LogP contribution in [-0.4, -0.2) is 36.1 Å². The predicted octanol–water partition coefficient (Wildman–Crippen LogP) is 2.84. The molecule has 2 heterocycles. The molecule has 0 saturated carbocycles. The molecule has 0 aromatic carbocycles. The molecule has 2 rings (SSSR count). The minimum absolute atomic E-state index is 0. The van der Waals surface area contributed by atoms with E-state index < -0.39 is 0 Å². The Kier molecular flexibility index (Phi) is 8.12. The van der Waals surface area contributed by atoms with E-state index in [0.29, 0.717) is 0 Å². The Morgan fingerprint density at radius 2 is 1.94 bits per heavy atom. The fourth-order valence-corrected chi connectivity index (χ4v) is 3.02. The first-order valence-corrected chi connectivity index (χ1v) is 6.60. The van der Waals surface area contributed by atoms with E-state index in [1.54, 1.807) is 0 Å². The zero-order valence-electron chi connectivity index (χ0n) is 10.4. The van der Waals surface area contributed by atoms with Gasteiger partial charge in [-0.2, -0.15) is 0 Å². The lowest BCUT2D eigenvalue weighted by Gasteiger charge is -2.16. The fraction of sp³-hybridized carbons (Fsp3) is 0.727. The molecule has 0 unspecified atom stereocenters. The number of thiazole rings is 1. The maximum atomic E-state index is 4.65. The maximum absolute atomic E-state index is 4.65. The quantitative estimate of drug-likeness (QED) is 0.930. The van der Waals surface area contributed by atoms with E-state index in [-0.39, 0.29) is 24.8 Å². The molecule has 1 aromatic heterocycles. The van der Waals surface area contributed by atoms with Crippen molar-refractivity contribution in [2.75, 3.05) is 31.5 Å². The van der Waals surface area contributed by atoms with Crippen LogP contribution < -0.4 is 5.32 Å². The molecule has 17 heavy (non-hydrogen) atoms. The Hall–Kier alpha value is -0.0300. The molecule has 1 aliphatic rings. The van der Waals surface area contributed by atoms with Gasteiger partial charge in [-0.3, -0.25) is 0 Å². The predicted molar refractivity (Wildman–Crippen MR) is 80.3 cm³/mol. The van der Waals surface area contributed by atoms with Gasteiger partial charge in [-0.05, 0) is 19.9 Å². The number of hydrogen-bond acceptors (Lipinski definition) is 4. The number of halogens is 2. The lowest BCUT2D eigenvalue weighted by molar-refractivity contribution is 0.303. The normalized spacial score (nSPS) is 15.2. The number of nitrogens with one attached hydrogen (secondary N) is 1. The van der Waals surface area contributed by atoms with Crippen LogP contribution in [0.25, 0.3) is 0 Å². The van der Waals surface area contributed by atoms with Gasteiger partial charge < -0.3 is 10.2 Å². The molecule has 1 aliphatic heterocycles. The summed E-state index contributed by atoms with van der Waals surface area (Å²) in [5.74, 6) is 0. The Bertz CT molecular complexity index is 305. The van der Waals surface area contributed by atoms with Crippen LogP contribution in [0.1, 0.15) is 24.4 Å². The van der Waals surface area contributed by atoms with Crippen molar-refractivity contribution in [1.29, 1.82) is 0 Å². The fourth-order valence-electron chi connectivity index (χ4n) is 1.95. The van der Waals surface area contributed by atoms with E-state index in [4.69, 9.17) is 0 Å². The molecule has 0 aliphatic carbocycles. The summed E-state index contributed by atoms with van der Waals surface area (Å²) in [7, 11) is 0. The summed E-state index contributed by atoms with van der Waals surface area (Å²) in [5, 5.41) is 4.41. The van der Waals surface area contributed by atoms with E-state index in [1.165, 1.54) is 30.1 Å². The number of anilines is 1. The number of rotatable bonds is 3. The highest BCUT2D eigenvalue weighted by Crippen LogP contribution is 2.26. The number of aromatic nitrogens is 1. The van der Waals surface area contributed by atoms with Crippen molar-refractivity contribution in [2.45, 2.75) is 26.7 Å². The largest absolute Gasteiger partial charge is 0.362 e. The molecule has 0 atom stereocenters. The molecule has 0 radical (unpaired) electrons. The van der Waals surface area contributed by atoms with Gasteiger partial charge in [0.1, 0.15) is 0 Å². The van der Waals surface area contributed by atoms with E-state index in [2.05, 4.69) is 29.0 Å². The van der Waals surface area contributed by atoms with Crippen LogP contribution in [0.2, 0.25) is 0 Å². The minimum atomic E-state index is 0. The van der Waals surface area contributed by atoms with Gasteiger partial charge in [0.05, 0.1) is 5.69 Å². The van der Waals surface area contributed by atoms with E-state index in [0.717, 1.165) is 24.6 Å². The molecule has 0 bridgehead atoms. The van der Waals surface area contributed by atoms with Crippen LogP contribution in [0.15, 0.2) is 0 Å². The third-order valence-electron chi connectivity index (χ3n) is 2.87. The average molecular weight is 298 g/mol. The summed E-state index contributed by atoms with van der Waals surface area (Å²) in [4.78, 5) is 8.64. The van der Waals surface area contributed by atoms with Crippen molar-refractivity contribution in [3.8, 4) is 0 Å². The van der Waals surface area contributed by atoms with E-state index in [9.17, 15) is 0 Å². The lowest BCUT2D eigenvalue weighted by Crippen LogP contribution is -2.25.